The number of fused-ring (bicyclic) bond motifs is 1. The van der Waals surface area contributed by atoms with Crippen molar-refractivity contribution in [3.8, 4) is 22.3 Å². The van der Waals surface area contributed by atoms with E-state index >= 15 is 0 Å². The topological polar surface area (TPSA) is 65.1 Å². The Balaban J connectivity index is 1.54. The van der Waals surface area contributed by atoms with Crippen LogP contribution >= 0.6 is 11.6 Å². The molecular weight excluding hydrogens is 446 g/mol. The molecule has 0 saturated heterocycles. The summed E-state index contributed by atoms with van der Waals surface area (Å²) in [6, 6.07) is 17.6. The average Bonchev–Trinajstić information content (AvgIpc) is 3.65. The van der Waals surface area contributed by atoms with E-state index < -0.39 is 0 Å². The van der Waals surface area contributed by atoms with Crippen molar-refractivity contribution in [1.82, 2.24) is 24.1 Å². The molecule has 1 aromatic carbocycles. The third kappa shape index (κ3) is 3.70. The number of aromatic nitrogens is 5. The van der Waals surface area contributed by atoms with Gasteiger partial charge in [-0.25, -0.2) is 13.9 Å². The van der Waals surface area contributed by atoms with Crippen LogP contribution in [0.3, 0.4) is 0 Å². The van der Waals surface area contributed by atoms with Crippen molar-refractivity contribution in [2.75, 3.05) is 0 Å². The maximum atomic E-state index is 13.4. The van der Waals surface area contributed by atoms with E-state index in [-0.39, 0.29) is 5.69 Å². The van der Waals surface area contributed by atoms with Crippen LogP contribution in [-0.4, -0.2) is 24.1 Å². The van der Waals surface area contributed by atoms with Crippen LogP contribution in [-0.2, 0) is 6.54 Å². The number of hydrogen-bond acceptors (Lipinski definition) is 4. The van der Waals surface area contributed by atoms with Gasteiger partial charge in [-0.1, -0.05) is 29.8 Å². The zero-order valence-corrected chi connectivity index (χ0v) is 19.4. The molecule has 0 N–H and O–H groups in total. The lowest BCUT2D eigenvalue weighted by molar-refractivity contribution is 0.650. The number of pyridine rings is 3. The molecule has 168 valence electrons. The molecule has 6 rings (SSSR count). The molecule has 0 amide bonds. The Labute approximate surface area is 201 Å². The first-order valence-corrected chi connectivity index (χ1v) is 11.7. The van der Waals surface area contributed by atoms with E-state index in [1.807, 2.05) is 55.5 Å². The second-order valence-corrected chi connectivity index (χ2v) is 9.19. The van der Waals surface area contributed by atoms with Crippen LogP contribution < -0.4 is 5.69 Å². The highest BCUT2D eigenvalue weighted by Crippen LogP contribution is 2.41. The maximum Gasteiger partial charge on any atom is 0.350 e. The molecule has 0 radical (unpaired) electrons. The van der Waals surface area contributed by atoms with E-state index in [9.17, 15) is 4.79 Å². The van der Waals surface area contributed by atoms with Crippen LogP contribution in [0.25, 0.3) is 27.9 Å². The van der Waals surface area contributed by atoms with Gasteiger partial charge in [-0.3, -0.25) is 9.97 Å². The van der Waals surface area contributed by atoms with Gasteiger partial charge in [0.15, 0.2) is 5.65 Å². The molecule has 5 aromatic rings. The molecular formula is C27H22ClN5O. The number of nitrogens with zero attached hydrogens (tertiary/aromatic N) is 5. The molecule has 0 spiro atoms. The minimum absolute atomic E-state index is 0.171. The van der Waals surface area contributed by atoms with E-state index in [2.05, 4.69) is 11.1 Å². The minimum atomic E-state index is -0.171. The van der Waals surface area contributed by atoms with Crippen molar-refractivity contribution in [2.45, 2.75) is 32.2 Å². The number of rotatable bonds is 5. The van der Waals surface area contributed by atoms with Crippen LogP contribution in [0, 0.1) is 6.92 Å². The number of aryl methyl sites for hydroxylation is 1. The largest absolute Gasteiger partial charge is 0.350 e. The highest BCUT2D eigenvalue weighted by atomic mass is 35.5. The summed E-state index contributed by atoms with van der Waals surface area (Å²) in [5.74, 6) is 0.492. The third-order valence-corrected chi connectivity index (χ3v) is 6.57. The van der Waals surface area contributed by atoms with Crippen LogP contribution in [0.4, 0.5) is 0 Å². The third-order valence-electron chi connectivity index (χ3n) is 6.31. The van der Waals surface area contributed by atoms with Gasteiger partial charge in [0.2, 0.25) is 0 Å². The fourth-order valence-electron chi connectivity index (χ4n) is 4.47. The number of halogens is 1. The summed E-state index contributed by atoms with van der Waals surface area (Å²) in [4.78, 5) is 22.3. The Morgan fingerprint density at radius 3 is 2.47 bits per heavy atom. The summed E-state index contributed by atoms with van der Waals surface area (Å²) in [6.07, 6.45) is 7.60. The van der Waals surface area contributed by atoms with Crippen molar-refractivity contribution in [1.29, 1.82) is 0 Å². The maximum absolute atomic E-state index is 13.4. The van der Waals surface area contributed by atoms with Crippen molar-refractivity contribution in [3.05, 3.63) is 106 Å². The molecule has 4 heterocycles. The van der Waals surface area contributed by atoms with Crippen LogP contribution in [0.5, 0.6) is 0 Å². The van der Waals surface area contributed by atoms with Crippen molar-refractivity contribution < 1.29 is 0 Å². The van der Waals surface area contributed by atoms with E-state index in [1.165, 1.54) is 0 Å². The minimum Gasteiger partial charge on any atom is -0.265 e. The summed E-state index contributed by atoms with van der Waals surface area (Å²) in [5, 5.41) is 5.50. The van der Waals surface area contributed by atoms with Gasteiger partial charge in [0, 0.05) is 46.5 Å². The Kier molecular flexibility index (Phi) is 5.03. The summed E-state index contributed by atoms with van der Waals surface area (Å²) < 4.78 is 3.16. The van der Waals surface area contributed by atoms with Gasteiger partial charge in [-0.05, 0) is 78.4 Å². The van der Waals surface area contributed by atoms with Gasteiger partial charge < -0.3 is 0 Å². The number of benzene rings is 1. The average molecular weight is 468 g/mol. The predicted molar refractivity (Wildman–Crippen MR) is 133 cm³/mol. The van der Waals surface area contributed by atoms with Crippen LogP contribution in [0.15, 0.2) is 78.0 Å². The first kappa shape index (κ1) is 20.8. The van der Waals surface area contributed by atoms with Crippen LogP contribution in [0.1, 0.15) is 35.7 Å². The van der Waals surface area contributed by atoms with Crippen molar-refractivity contribution in [3.63, 3.8) is 0 Å². The van der Waals surface area contributed by atoms with E-state index in [0.717, 1.165) is 52.0 Å². The quantitative estimate of drug-likeness (QED) is 0.342. The van der Waals surface area contributed by atoms with E-state index in [4.69, 9.17) is 21.7 Å². The molecule has 0 bridgehead atoms. The lowest BCUT2D eigenvalue weighted by Crippen LogP contribution is -2.22. The van der Waals surface area contributed by atoms with Crippen LogP contribution in [0.2, 0.25) is 5.02 Å². The van der Waals surface area contributed by atoms with Gasteiger partial charge in [-0.2, -0.15) is 0 Å². The summed E-state index contributed by atoms with van der Waals surface area (Å²) in [6.45, 7) is 2.40. The summed E-state index contributed by atoms with van der Waals surface area (Å²) in [5.41, 5.74) is 7.39. The molecule has 1 saturated carbocycles. The molecule has 0 aliphatic heterocycles. The van der Waals surface area contributed by atoms with Crippen molar-refractivity contribution >= 4 is 17.2 Å². The Morgan fingerprint density at radius 1 is 0.971 bits per heavy atom. The highest BCUT2D eigenvalue weighted by molar-refractivity contribution is 6.30. The summed E-state index contributed by atoms with van der Waals surface area (Å²) >= 11 is 6.13. The molecule has 1 fully saturated rings. The summed E-state index contributed by atoms with van der Waals surface area (Å²) in [7, 11) is 0. The van der Waals surface area contributed by atoms with Crippen molar-refractivity contribution in [2.24, 2.45) is 0 Å². The fourth-order valence-corrected chi connectivity index (χ4v) is 4.59. The van der Waals surface area contributed by atoms with Gasteiger partial charge in [0.1, 0.15) is 0 Å². The molecule has 7 heteroatoms. The predicted octanol–water partition coefficient (Wildman–Crippen LogP) is 5.51. The van der Waals surface area contributed by atoms with Gasteiger partial charge >= 0.3 is 5.69 Å². The van der Waals surface area contributed by atoms with E-state index in [0.29, 0.717) is 23.1 Å². The first-order valence-electron chi connectivity index (χ1n) is 11.3. The molecule has 0 atom stereocenters. The molecule has 4 aromatic heterocycles. The highest BCUT2D eigenvalue weighted by Gasteiger charge is 2.28. The zero-order valence-electron chi connectivity index (χ0n) is 18.6. The second kappa shape index (κ2) is 8.22. The SMILES string of the molecule is Cc1ccc(Cn2nc3c(-c4ccncc4)c(-c4ccc(Cl)cc4)ccn3c2=O)c(C2CC2)n1. The molecule has 34 heavy (non-hydrogen) atoms. The Hall–Kier alpha value is -3.77. The Bertz CT molecular complexity index is 1570. The molecule has 6 nitrogen and oxygen atoms in total. The molecule has 0 unspecified atom stereocenters. The van der Waals surface area contributed by atoms with Gasteiger partial charge in [0.05, 0.1) is 6.54 Å². The monoisotopic (exact) mass is 467 g/mol. The number of hydrogen-bond donors (Lipinski definition) is 0. The fraction of sp³-hybridized carbons (Fsp3) is 0.185. The van der Waals surface area contributed by atoms with E-state index in [1.54, 1.807) is 27.7 Å². The molecule has 1 aliphatic rings. The molecule has 1 aliphatic carbocycles. The zero-order chi connectivity index (χ0) is 23.2. The second-order valence-electron chi connectivity index (χ2n) is 8.75. The lowest BCUT2D eigenvalue weighted by Gasteiger charge is -2.11. The smallest absolute Gasteiger partial charge is 0.265 e. The standard InChI is InChI=1S/C27H22ClN5O/c1-17-2-3-21(25(30-17)20-4-5-20)16-33-27(34)32-15-12-23(18-6-8-22(28)9-7-18)24(26(32)31-33)19-10-13-29-14-11-19/h2-3,6-15,20H,4-5,16H2,1H3. The Morgan fingerprint density at radius 2 is 1.74 bits per heavy atom. The normalized spacial score (nSPS) is 13.5. The van der Waals surface area contributed by atoms with Gasteiger partial charge in [-0.15, -0.1) is 5.10 Å². The lowest BCUT2D eigenvalue weighted by atomic mass is 9.96. The van der Waals surface area contributed by atoms with Gasteiger partial charge in [0.25, 0.3) is 0 Å². The first-order chi connectivity index (χ1) is 16.6.